The van der Waals surface area contributed by atoms with Crippen molar-refractivity contribution in [3.05, 3.63) is 28.3 Å². The SMILES string of the molecule is CC1CN2CCNCc3cc(Cl)cc1c32. The molecular formula is C12H15ClN2. The van der Waals surface area contributed by atoms with E-state index < -0.39 is 0 Å². The Morgan fingerprint density at radius 2 is 2.33 bits per heavy atom. The van der Waals surface area contributed by atoms with Crippen LogP contribution in [0.3, 0.4) is 0 Å². The predicted molar refractivity (Wildman–Crippen MR) is 63.8 cm³/mol. The lowest BCUT2D eigenvalue weighted by molar-refractivity contribution is 0.674. The maximum atomic E-state index is 6.15. The van der Waals surface area contributed by atoms with Gasteiger partial charge in [0.25, 0.3) is 0 Å². The van der Waals surface area contributed by atoms with Crippen molar-refractivity contribution in [2.75, 3.05) is 24.5 Å². The van der Waals surface area contributed by atoms with E-state index in [9.17, 15) is 0 Å². The second kappa shape index (κ2) is 3.39. The molecule has 0 fully saturated rings. The molecule has 80 valence electrons. The standard InChI is InChI=1S/C12H15ClN2/c1-8-7-15-3-2-14-6-9-4-10(13)5-11(8)12(9)15/h4-5,8,14H,2-3,6-7H2,1H3. The molecule has 1 aromatic carbocycles. The van der Waals surface area contributed by atoms with Crippen LogP contribution in [-0.2, 0) is 6.54 Å². The van der Waals surface area contributed by atoms with Crippen LogP contribution in [-0.4, -0.2) is 19.6 Å². The van der Waals surface area contributed by atoms with Crippen molar-refractivity contribution < 1.29 is 0 Å². The monoisotopic (exact) mass is 222 g/mol. The van der Waals surface area contributed by atoms with Gasteiger partial charge in [-0.15, -0.1) is 0 Å². The normalized spacial score (nSPS) is 23.9. The highest BCUT2D eigenvalue weighted by molar-refractivity contribution is 6.30. The number of nitrogens with zero attached hydrogens (tertiary/aromatic N) is 1. The van der Waals surface area contributed by atoms with Crippen molar-refractivity contribution >= 4 is 17.3 Å². The second-order valence-electron chi connectivity index (χ2n) is 4.53. The van der Waals surface area contributed by atoms with E-state index in [-0.39, 0.29) is 0 Å². The third kappa shape index (κ3) is 1.44. The van der Waals surface area contributed by atoms with Crippen LogP contribution in [0.25, 0.3) is 0 Å². The molecule has 2 aliphatic rings. The van der Waals surface area contributed by atoms with Gasteiger partial charge in [0.1, 0.15) is 0 Å². The molecule has 1 atom stereocenters. The summed E-state index contributed by atoms with van der Waals surface area (Å²) in [4.78, 5) is 2.49. The number of hydrogen-bond acceptors (Lipinski definition) is 2. The Morgan fingerprint density at radius 3 is 3.20 bits per heavy atom. The molecule has 1 aromatic rings. The quantitative estimate of drug-likeness (QED) is 0.725. The van der Waals surface area contributed by atoms with Gasteiger partial charge in [-0.25, -0.2) is 0 Å². The molecule has 2 nitrogen and oxygen atoms in total. The molecule has 2 heterocycles. The van der Waals surface area contributed by atoms with Crippen LogP contribution in [0.1, 0.15) is 24.0 Å². The maximum Gasteiger partial charge on any atom is 0.0449 e. The Balaban J connectivity index is 2.20. The molecule has 1 unspecified atom stereocenters. The minimum absolute atomic E-state index is 0.621. The molecule has 0 saturated heterocycles. The average Bonchev–Trinajstić information content (AvgIpc) is 2.40. The molecule has 0 aliphatic carbocycles. The van der Waals surface area contributed by atoms with E-state index in [0.29, 0.717) is 5.92 Å². The van der Waals surface area contributed by atoms with Crippen LogP contribution in [0, 0.1) is 0 Å². The molecule has 0 amide bonds. The lowest BCUT2D eigenvalue weighted by Gasteiger charge is -2.18. The minimum atomic E-state index is 0.621. The van der Waals surface area contributed by atoms with E-state index in [2.05, 4.69) is 29.3 Å². The third-order valence-corrected chi connectivity index (χ3v) is 3.62. The highest BCUT2D eigenvalue weighted by atomic mass is 35.5. The van der Waals surface area contributed by atoms with E-state index in [1.165, 1.54) is 16.8 Å². The van der Waals surface area contributed by atoms with Crippen molar-refractivity contribution in [3.63, 3.8) is 0 Å². The fraction of sp³-hybridized carbons (Fsp3) is 0.500. The topological polar surface area (TPSA) is 15.3 Å². The van der Waals surface area contributed by atoms with Gasteiger partial charge in [0.2, 0.25) is 0 Å². The Labute approximate surface area is 95.2 Å². The number of nitrogens with one attached hydrogen (secondary N) is 1. The Hall–Kier alpha value is -0.730. The molecule has 0 radical (unpaired) electrons. The van der Waals surface area contributed by atoms with E-state index >= 15 is 0 Å². The van der Waals surface area contributed by atoms with Crippen LogP contribution >= 0.6 is 11.6 Å². The summed E-state index contributed by atoms with van der Waals surface area (Å²) in [5, 5.41) is 4.31. The second-order valence-corrected chi connectivity index (χ2v) is 4.96. The number of hydrogen-bond donors (Lipinski definition) is 1. The maximum absolute atomic E-state index is 6.15. The van der Waals surface area contributed by atoms with E-state index in [0.717, 1.165) is 31.2 Å². The number of halogens is 1. The summed E-state index contributed by atoms with van der Waals surface area (Å²) < 4.78 is 0. The Morgan fingerprint density at radius 1 is 1.47 bits per heavy atom. The molecule has 3 rings (SSSR count). The molecule has 0 bridgehead atoms. The van der Waals surface area contributed by atoms with Crippen LogP contribution in [0.4, 0.5) is 5.69 Å². The molecule has 1 N–H and O–H groups in total. The fourth-order valence-corrected chi connectivity index (χ4v) is 2.98. The van der Waals surface area contributed by atoms with Gasteiger partial charge in [0, 0.05) is 42.8 Å². The Bertz CT molecular complexity index is 403. The first-order chi connectivity index (χ1) is 7.25. The van der Waals surface area contributed by atoms with Crippen molar-refractivity contribution in [2.24, 2.45) is 0 Å². The highest BCUT2D eigenvalue weighted by Crippen LogP contribution is 2.41. The smallest absolute Gasteiger partial charge is 0.0449 e. The number of rotatable bonds is 0. The first-order valence-electron chi connectivity index (χ1n) is 5.53. The summed E-state index contributed by atoms with van der Waals surface area (Å²) in [6, 6.07) is 4.24. The van der Waals surface area contributed by atoms with Crippen molar-refractivity contribution in [1.82, 2.24) is 5.32 Å². The third-order valence-electron chi connectivity index (χ3n) is 3.40. The summed E-state index contributed by atoms with van der Waals surface area (Å²) in [6.07, 6.45) is 0. The number of benzene rings is 1. The van der Waals surface area contributed by atoms with Gasteiger partial charge in [-0.1, -0.05) is 18.5 Å². The van der Waals surface area contributed by atoms with Gasteiger partial charge < -0.3 is 10.2 Å². The van der Waals surface area contributed by atoms with Crippen molar-refractivity contribution in [1.29, 1.82) is 0 Å². The summed E-state index contributed by atoms with van der Waals surface area (Å²) in [5.74, 6) is 0.621. The van der Waals surface area contributed by atoms with E-state index in [1.807, 2.05) is 0 Å². The van der Waals surface area contributed by atoms with Gasteiger partial charge >= 0.3 is 0 Å². The fourth-order valence-electron chi connectivity index (χ4n) is 2.74. The zero-order valence-corrected chi connectivity index (χ0v) is 9.64. The minimum Gasteiger partial charge on any atom is -0.369 e. The first kappa shape index (κ1) is 9.49. The number of anilines is 1. The van der Waals surface area contributed by atoms with Crippen molar-refractivity contribution in [3.8, 4) is 0 Å². The van der Waals surface area contributed by atoms with Gasteiger partial charge in [0.05, 0.1) is 0 Å². The van der Waals surface area contributed by atoms with Gasteiger partial charge in [-0.05, 0) is 23.3 Å². The highest BCUT2D eigenvalue weighted by Gasteiger charge is 2.29. The summed E-state index contributed by atoms with van der Waals surface area (Å²) >= 11 is 6.15. The zero-order chi connectivity index (χ0) is 10.4. The molecule has 2 aliphatic heterocycles. The lowest BCUT2D eigenvalue weighted by atomic mass is 10.0. The summed E-state index contributed by atoms with van der Waals surface area (Å²) in [5.41, 5.74) is 4.23. The molecular weight excluding hydrogens is 208 g/mol. The summed E-state index contributed by atoms with van der Waals surface area (Å²) in [6.45, 7) is 6.56. The molecule has 0 spiro atoms. The van der Waals surface area contributed by atoms with Crippen LogP contribution in [0.15, 0.2) is 12.1 Å². The molecule has 0 saturated carbocycles. The predicted octanol–water partition coefficient (Wildman–Crippen LogP) is 2.37. The van der Waals surface area contributed by atoms with Gasteiger partial charge in [0.15, 0.2) is 0 Å². The van der Waals surface area contributed by atoms with E-state index in [4.69, 9.17) is 11.6 Å². The largest absolute Gasteiger partial charge is 0.369 e. The van der Waals surface area contributed by atoms with Crippen molar-refractivity contribution in [2.45, 2.75) is 19.4 Å². The van der Waals surface area contributed by atoms with Crippen LogP contribution < -0.4 is 10.2 Å². The zero-order valence-electron chi connectivity index (χ0n) is 8.89. The average molecular weight is 223 g/mol. The molecule has 15 heavy (non-hydrogen) atoms. The Kier molecular flexibility index (Phi) is 2.15. The lowest BCUT2D eigenvalue weighted by Crippen LogP contribution is -2.27. The van der Waals surface area contributed by atoms with Crippen LogP contribution in [0.2, 0.25) is 5.02 Å². The van der Waals surface area contributed by atoms with E-state index in [1.54, 1.807) is 0 Å². The molecule has 3 heteroatoms. The van der Waals surface area contributed by atoms with Gasteiger partial charge in [-0.3, -0.25) is 0 Å². The summed E-state index contributed by atoms with van der Waals surface area (Å²) in [7, 11) is 0. The van der Waals surface area contributed by atoms with Crippen LogP contribution in [0.5, 0.6) is 0 Å². The molecule has 0 aromatic heterocycles. The van der Waals surface area contributed by atoms with Gasteiger partial charge in [-0.2, -0.15) is 0 Å². The first-order valence-corrected chi connectivity index (χ1v) is 5.91.